The molecule has 2 atom stereocenters. The Morgan fingerprint density at radius 2 is 1.82 bits per heavy atom. The van der Waals surface area contributed by atoms with Crippen molar-refractivity contribution in [3.8, 4) is 16.9 Å². The lowest BCUT2D eigenvalue weighted by molar-refractivity contribution is -0.137. The number of carbonyl (C=O) groups excluding carboxylic acids is 1. The maximum Gasteiger partial charge on any atom is 0.416 e. The molecule has 1 N–H and O–H groups in total. The van der Waals surface area contributed by atoms with E-state index in [-0.39, 0.29) is 24.4 Å². The summed E-state index contributed by atoms with van der Waals surface area (Å²) < 4.78 is 45.1. The van der Waals surface area contributed by atoms with Gasteiger partial charge in [0.1, 0.15) is 16.9 Å². The highest BCUT2D eigenvalue weighted by molar-refractivity contribution is 5.88. The minimum absolute atomic E-state index is 0. The molecule has 9 heteroatoms. The summed E-state index contributed by atoms with van der Waals surface area (Å²) in [6.07, 6.45) is -0.509. The zero-order valence-electron chi connectivity index (χ0n) is 19.1. The van der Waals surface area contributed by atoms with Gasteiger partial charge in [0.15, 0.2) is 0 Å². The van der Waals surface area contributed by atoms with Crippen molar-refractivity contribution in [1.82, 2.24) is 15.2 Å². The number of aromatic nitrogens is 1. The van der Waals surface area contributed by atoms with E-state index in [4.69, 9.17) is 4.74 Å². The number of benzene rings is 1. The van der Waals surface area contributed by atoms with Crippen LogP contribution >= 0.6 is 12.4 Å². The smallest absolute Gasteiger partial charge is 0.416 e. The van der Waals surface area contributed by atoms with Gasteiger partial charge in [0, 0.05) is 19.2 Å². The minimum atomic E-state index is -4.39. The quantitative estimate of drug-likeness (QED) is 0.635. The lowest BCUT2D eigenvalue weighted by atomic mass is 9.96. The summed E-state index contributed by atoms with van der Waals surface area (Å²) in [4.78, 5) is 19.0. The summed E-state index contributed by atoms with van der Waals surface area (Å²) in [5.41, 5.74) is 0.301. The van der Waals surface area contributed by atoms with Crippen molar-refractivity contribution >= 4 is 18.3 Å². The van der Waals surface area contributed by atoms with Gasteiger partial charge in [-0.05, 0) is 63.8 Å². The topological polar surface area (TPSA) is 54.5 Å². The van der Waals surface area contributed by atoms with Gasteiger partial charge < -0.3 is 9.64 Å². The number of carbonyl (C=O) groups is 1. The van der Waals surface area contributed by atoms with Gasteiger partial charge in [-0.3, -0.25) is 15.1 Å². The molecule has 0 radical (unpaired) electrons. The number of nitrogens with one attached hydrogen (secondary N) is 1. The Labute approximate surface area is 198 Å². The molecule has 1 aromatic carbocycles. The average molecular weight is 484 g/mol. The SMILES string of the molecule is CN1CC[C@]2(CC[C@@H](c3cc(-c4ccc(C(F)(F)F)cc4)c(OC(C)(C)C)cn3)N2)C1=O.Cl. The number of nitrogens with zero attached hydrogens (tertiary/aromatic N) is 2. The second-order valence-electron chi connectivity index (χ2n) is 9.69. The van der Waals surface area contributed by atoms with Crippen LogP contribution < -0.4 is 10.1 Å². The van der Waals surface area contributed by atoms with Gasteiger partial charge in [-0.2, -0.15) is 13.2 Å². The second kappa shape index (κ2) is 8.80. The number of alkyl halides is 3. The number of ether oxygens (including phenoxy) is 1. The maximum absolute atomic E-state index is 13.0. The van der Waals surface area contributed by atoms with Crippen LogP contribution in [0.5, 0.6) is 5.75 Å². The van der Waals surface area contributed by atoms with Crippen LogP contribution in [0.15, 0.2) is 36.5 Å². The predicted molar refractivity (Wildman–Crippen MR) is 122 cm³/mol. The molecule has 33 heavy (non-hydrogen) atoms. The molecule has 0 unspecified atom stereocenters. The number of likely N-dealkylation sites (N-methyl/N-ethyl adjacent to an activating group) is 1. The van der Waals surface area contributed by atoms with E-state index in [1.165, 1.54) is 12.1 Å². The van der Waals surface area contributed by atoms with E-state index < -0.39 is 22.9 Å². The number of hydrogen-bond acceptors (Lipinski definition) is 4. The van der Waals surface area contributed by atoms with Crippen molar-refractivity contribution in [3.05, 3.63) is 47.8 Å². The van der Waals surface area contributed by atoms with E-state index in [0.717, 1.165) is 43.6 Å². The predicted octanol–water partition coefficient (Wildman–Crippen LogP) is 5.39. The molecule has 5 nitrogen and oxygen atoms in total. The summed E-state index contributed by atoms with van der Waals surface area (Å²) in [5.74, 6) is 0.612. The molecule has 0 aliphatic carbocycles. The summed E-state index contributed by atoms with van der Waals surface area (Å²) >= 11 is 0. The molecule has 0 bridgehead atoms. The number of likely N-dealkylation sites (tertiary alicyclic amines) is 1. The van der Waals surface area contributed by atoms with Crippen molar-refractivity contribution < 1.29 is 22.7 Å². The first-order chi connectivity index (χ1) is 14.9. The zero-order valence-corrected chi connectivity index (χ0v) is 19.9. The Balaban J connectivity index is 0.00000306. The highest BCUT2D eigenvalue weighted by atomic mass is 35.5. The normalized spacial score (nSPS) is 23.2. The monoisotopic (exact) mass is 483 g/mol. The first-order valence-corrected chi connectivity index (χ1v) is 10.8. The van der Waals surface area contributed by atoms with Gasteiger partial charge in [0.25, 0.3) is 0 Å². The van der Waals surface area contributed by atoms with E-state index in [1.54, 1.807) is 11.1 Å². The van der Waals surface area contributed by atoms with Crippen LogP contribution in [-0.4, -0.2) is 40.5 Å². The molecule has 180 valence electrons. The standard InChI is InChI=1S/C24H28F3N3O2.ClH/c1-22(2,3)32-20-14-28-19(18-9-10-23(29-18)11-12-30(4)21(23)31)13-17(20)15-5-7-16(8-6-15)24(25,26)27;/h5-8,13-14,18,29H,9-12H2,1-4H3;1H/t18-,23+;/m0./s1. The molecule has 1 amide bonds. The van der Waals surface area contributed by atoms with Crippen LogP contribution in [0.2, 0.25) is 0 Å². The van der Waals surface area contributed by atoms with E-state index in [1.807, 2.05) is 33.9 Å². The Morgan fingerprint density at radius 1 is 1.15 bits per heavy atom. The molecule has 2 fully saturated rings. The molecule has 4 rings (SSSR count). The summed E-state index contributed by atoms with van der Waals surface area (Å²) in [6.45, 7) is 6.44. The van der Waals surface area contributed by atoms with Crippen molar-refractivity contribution in [2.24, 2.45) is 0 Å². The average Bonchev–Trinajstić information content (AvgIpc) is 3.26. The number of hydrogen-bond donors (Lipinski definition) is 1. The van der Waals surface area contributed by atoms with Crippen LogP contribution in [0, 0.1) is 0 Å². The Morgan fingerprint density at radius 3 is 2.36 bits per heavy atom. The molecule has 0 saturated carbocycles. The fourth-order valence-corrected chi connectivity index (χ4v) is 4.51. The fourth-order valence-electron chi connectivity index (χ4n) is 4.51. The highest BCUT2D eigenvalue weighted by Crippen LogP contribution is 2.41. The molecular weight excluding hydrogens is 455 g/mol. The minimum Gasteiger partial charge on any atom is -0.486 e. The Kier molecular flexibility index (Phi) is 6.75. The van der Waals surface area contributed by atoms with Crippen LogP contribution in [0.3, 0.4) is 0 Å². The first-order valence-electron chi connectivity index (χ1n) is 10.8. The molecule has 2 aliphatic rings. The van der Waals surface area contributed by atoms with Crippen LogP contribution in [0.4, 0.5) is 13.2 Å². The van der Waals surface area contributed by atoms with Gasteiger partial charge in [-0.15, -0.1) is 12.4 Å². The van der Waals surface area contributed by atoms with Gasteiger partial charge in [-0.25, -0.2) is 0 Å². The highest BCUT2D eigenvalue weighted by Gasteiger charge is 2.50. The zero-order chi connectivity index (χ0) is 23.3. The number of halogens is 4. The molecule has 2 aromatic rings. The van der Waals surface area contributed by atoms with E-state index in [2.05, 4.69) is 10.3 Å². The summed E-state index contributed by atoms with van der Waals surface area (Å²) in [6, 6.07) is 6.82. The lowest BCUT2D eigenvalue weighted by Crippen LogP contribution is -2.47. The van der Waals surface area contributed by atoms with E-state index >= 15 is 0 Å². The van der Waals surface area contributed by atoms with Crippen LogP contribution in [0.1, 0.15) is 57.3 Å². The van der Waals surface area contributed by atoms with Gasteiger partial charge in [0.05, 0.1) is 23.5 Å². The third-order valence-corrected chi connectivity index (χ3v) is 6.13. The third kappa shape index (κ3) is 5.11. The van der Waals surface area contributed by atoms with Crippen LogP contribution in [-0.2, 0) is 11.0 Å². The van der Waals surface area contributed by atoms with Crippen molar-refractivity contribution in [2.45, 2.75) is 63.4 Å². The number of pyridine rings is 1. The molecular formula is C24H29ClF3N3O2. The lowest BCUT2D eigenvalue weighted by Gasteiger charge is -2.25. The first kappa shape index (κ1) is 25.3. The third-order valence-electron chi connectivity index (χ3n) is 6.13. The Bertz CT molecular complexity index is 1020. The fraction of sp³-hybridized carbons (Fsp3) is 0.500. The molecule has 2 saturated heterocycles. The van der Waals surface area contributed by atoms with Gasteiger partial charge in [-0.1, -0.05) is 12.1 Å². The summed E-state index contributed by atoms with van der Waals surface area (Å²) in [5, 5.41) is 3.49. The Hall–Kier alpha value is -2.32. The van der Waals surface area contributed by atoms with Crippen molar-refractivity contribution in [2.75, 3.05) is 13.6 Å². The molecule has 1 spiro atoms. The maximum atomic E-state index is 13.0. The molecule has 2 aliphatic heterocycles. The number of rotatable bonds is 3. The van der Waals surface area contributed by atoms with E-state index in [0.29, 0.717) is 16.9 Å². The van der Waals surface area contributed by atoms with Gasteiger partial charge in [0.2, 0.25) is 5.91 Å². The van der Waals surface area contributed by atoms with E-state index in [9.17, 15) is 18.0 Å². The number of amides is 1. The second-order valence-corrected chi connectivity index (χ2v) is 9.69. The van der Waals surface area contributed by atoms with Crippen molar-refractivity contribution in [3.63, 3.8) is 0 Å². The van der Waals surface area contributed by atoms with Crippen molar-refractivity contribution in [1.29, 1.82) is 0 Å². The largest absolute Gasteiger partial charge is 0.486 e. The molecule has 1 aromatic heterocycles. The molecule has 3 heterocycles. The summed E-state index contributed by atoms with van der Waals surface area (Å²) in [7, 11) is 1.81. The van der Waals surface area contributed by atoms with Gasteiger partial charge >= 0.3 is 6.18 Å². The van der Waals surface area contributed by atoms with Crippen LogP contribution in [0.25, 0.3) is 11.1 Å².